The molecule has 2 aliphatic heterocycles. The molecular formula is C20H29BN2O5. The number of Topliss-reactive ketones (excluding diaryl/α,β-unsaturated/α-hetero) is 2. The molecule has 0 aliphatic carbocycles. The number of benzene rings is 1. The summed E-state index contributed by atoms with van der Waals surface area (Å²) in [5.74, 6) is 0.0899. The first kappa shape index (κ1) is 21.0. The van der Waals surface area contributed by atoms with Crippen LogP contribution in [0.3, 0.4) is 0 Å². The van der Waals surface area contributed by atoms with Crippen LogP contribution in [0, 0.1) is 0 Å². The number of nitrogens with one attached hydrogen (secondary N) is 1. The Bertz CT molecular complexity index is 706. The minimum absolute atomic E-state index is 0.0668. The molecule has 28 heavy (non-hydrogen) atoms. The molecule has 152 valence electrons. The van der Waals surface area contributed by atoms with Crippen molar-refractivity contribution >= 4 is 18.7 Å². The Morgan fingerprint density at radius 2 is 2.14 bits per heavy atom. The Morgan fingerprint density at radius 1 is 1.32 bits per heavy atom. The van der Waals surface area contributed by atoms with E-state index in [2.05, 4.69) is 5.32 Å². The lowest BCUT2D eigenvalue weighted by Crippen LogP contribution is -2.42. The van der Waals surface area contributed by atoms with Gasteiger partial charge in [0.2, 0.25) is 0 Å². The first-order chi connectivity index (χ1) is 13.5. The lowest BCUT2D eigenvalue weighted by Gasteiger charge is -2.30. The summed E-state index contributed by atoms with van der Waals surface area (Å²) in [6.07, 6.45) is 2.84. The molecule has 7 nitrogen and oxygen atoms in total. The fraction of sp³-hybridized carbons (Fsp3) is 0.600. The maximum Gasteiger partial charge on any atom is 0.526 e. The van der Waals surface area contributed by atoms with Crippen LogP contribution in [0.5, 0.6) is 5.75 Å². The molecule has 0 saturated carbocycles. The molecule has 0 radical (unpaired) electrons. The molecule has 1 saturated heterocycles. The number of nitrogens with two attached hydrogens (primary N) is 1. The van der Waals surface area contributed by atoms with Crippen molar-refractivity contribution in [1.82, 2.24) is 5.32 Å². The third-order valence-electron chi connectivity index (χ3n) is 5.49. The number of fused-ring (bicyclic) bond motifs is 1. The molecule has 1 fully saturated rings. The zero-order valence-corrected chi connectivity index (χ0v) is 16.4. The van der Waals surface area contributed by atoms with Gasteiger partial charge in [-0.1, -0.05) is 12.1 Å². The third-order valence-corrected chi connectivity index (χ3v) is 5.49. The van der Waals surface area contributed by atoms with E-state index in [9.17, 15) is 14.6 Å². The molecule has 0 spiro atoms. The Labute approximate surface area is 166 Å². The number of hydrogen-bond acceptors (Lipinski definition) is 7. The molecule has 3 atom stereocenters. The maximum atomic E-state index is 12.5. The van der Waals surface area contributed by atoms with Gasteiger partial charge in [0, 0.05) is 37.8 Å². The molecule has 2 unspecified atom stereocenters. The lowest BCUT2D eigenvalue weighted by atomic mass is 9.64. The standard InChI is InChI=1S/C20H29BN2O5/c1-13(24)19-4-2-3-14-9-15(21(26)28-20(14)19)10-17(25)11-18-6-5-16(12-27-18)23-8-7-22/h2-4,15-16,18,23,26H,5-12,22H2,1H3/t15-,16?,18?/m1/s1. The highest BCUT2D eigenvalue weighted by molar-refractivity contribution is 6.47. The van der Waals surface area contributed by atoms with E-state index < -0.39 is 7.12 Å². The van der Waals surface area contributed by atoms with Gasteiger partial charge in [-0.15, -0.1) is 0 Å². The van der Waals surface area contributed by atoms with Gasteiger partial charge in [-0.05, 0) is 37.8 Å². The van der Waals surface area contributed by atoms with Crippen molar-refractivity contribution in [1.29, 1.82) is 0 Å². The molecule has 1 aromatic rings. The summed E-state index contributed by atoms with van der Waals surface area (Å²) in [6.45, 7) is 3.43. The van der Waals surface area contributed by atoms with E-state index in [0.717, 1.165) is 24.9 Å². The van der Waals surface area contributed by atoms with Crippen LogP contribution in [0.2, 0.25) is 5.82 Å². The number of carbonyl (C=O) groups is 2. The summed E-state index contributed by atoms with van der Waals surface area (Å²) in [5.41, 5.74) is 6.82. The van der Waals surface area contributed by atoms with Gasteiger partial charge < -0.3 is 25.5 Å². The number of carbonyl (C=O) groups excluding carboxylic acids is 2. The summed E-state index contributed by atoms with van der Waals surface area (Å²) in [7, 11) is -1.09. The van der Waals surface area contributed by atoms with Crippen molar-refractivity contribution in [3.63, 3.8) is 0 Å². The van der Waals surface area contributed by atoms with E-state index in [-0.39, 0.29) is 29.9 Å². The highest BCUT2D eigenvalue weighted by atomic mass is 16.5. The second-order valence-electron chi connectivity index (χ2n) is 7.74. The predicted octanol–water partition coefficient (Wildman–Crippen LogP) is 1.12. The summed E-state index contributed by atoms with van der Waals surface area (Å²) in [6, 6.07) is 5.68. The molecule has 0 aromatic heterocycles. The summed E-state index contributed by atoms with van der Waals surface area (Å²) in [5, 5.41) is 13.7. The van der Waals surface area contributed by atoms with E-state index in [1.54, 1.807) is 12.1 Å². The van der Waals surface area contributed by atoms with Gasteiger partial charge in [0.1, 0.15) is 11.5 Å². The van der Waals surface area contributed by atoms with Crippen molar-refractivity contribution in [3.05, 3.63) is 29.3 Å². The number of ether oxygens (including phenoxy) is 1. The van der Waals surface area contributed by atoms with Crippen molar-refractivity contribution in [2.24, 2.45) is 5.73 Å². The average molecular weight is 388 g/mol. The van der Waals surface area contributed by atoms with Gasteiger partial charge in [0.25, 0.3) is 0 Å². The largest absolute Gasteiger partial charge is 0.535 e. The first-order valence-corrected chi connectivity index (χ1v) is 10.0. The fourth-order valence-corrected chi connectivity index (χ4v) is 3.98. The molecule has 0 amide bonds. The van der Waals surface area contributed by atoms with Crippen molar-refractivity contribution < 1.29 is 24.0 Å². The maximum absolute atomic E-state index is 12.5. The van der Waals surface area contributed by atoms with Crippen molar-refractivity contribution in [2.45, 2.75) is 57.0 Å². The molecule has 4 N–H and O–H groups in total. The molecule has 2 heterocycles. The van der Waals surface area contributed by atoms with E-state index in [1.807, 2.05) is 6.07 Å². The Hall–Kier alpha value is -1.74. The third kappa shape index (κ3) is 5.20. The highest BCUT2D eigenvalue weighted by Crippen LogP contribution is 2.36. The Morgan fingerprint density at radius 3 is 2.82 bits per heavy atom. The van der Waals surface area contributed by atoms with Gasteiger partial charge in [0.05, 0.1) is 18.3 Å². The molecule has 0 bridgehead atoms. The lowest BCUT2D eigenvalue weighted by molar-refractivity contribution is -0.123. The van der Waals surface area contributed by atoms with Gasteiger partial charge in [-0.3, -0.25) is 9.59 Å². The van der Waals surface area contributed by atoms with E-state index in [0.29, 0.717) is 43.3 Å². The zero-order valence-electron chi connectivity index (χ0n) is 16.4. The van der Waals surface area contributed by atoms with Crippen molar-refractivity contribution in [3.8, 4) is 5.75 Å². The van der Waals surface area contributed by atoms with Gasteiger partial charge >= 0.3 is 7.12 Å². The van der Waals surface area contributed by atoms with Crippen LogP contribution in [0.25, 0.3) is 0 Å². The molecule has 8 heteroatoms. The number of para-hydroxylation sites is 1. The Kier molecular flexibility index (Phi) is 7.23. The summed E-state index contributed by atoms with van der Waals surface area (Å²) >= 11 is 0. The molecule has 1 aromatic carbocycles. The van der Waals surface area contributed by atoms with Crippen LogP contribution < -0.4 is 15.7 Å². The SMILES string of the molecule is CC(=O)c1cccc2c1OB(O)[C@@H](CC(=O)CC1CCC(NCCN)CO1)C2. The van der Waals surface area contributed by atoms with Crippen LogP contribution in [0.15, 0.2) is 18.2 Å². The van der Waals surface area contributed by atoms with Crippen LogP contribution in [0.4, 0.5) is 0 Å². The monoisotopic (exact) mass is 388 g/mol. The zero-order chi connectivity index (χ0) is 20.1. The molecular weight excluding hydrogens is 359 g/mol. The number of rotatable bonds is 8. The normalized spacial score (nSPS) is 24.4. The first-order valence-electron chi connectivity index (χ1n) is 10.0. The number of ketones is 2. The predicted molar refractivity (Wildman–Crippen MR) is 107 cm³/mol. The minimum atomic E-state index is -1.09. The van der Waals surface area contributed by atoms with Gasteiger partial charge in [-0.25, -0.2) is 0 Å². The highest BCUT2D eigenvalue weighted by Gasteiger charge is 2.37. The topological polar surface area (TPSA) is 111 Å². The van der Waals surface area contributed by atoms with Crippen LogP contribution >= 0.6 is 0 Å². The van der Waals surface area contributed by atoms with Gasteiger partial charge in [-0.2, -0.15) is 0 Å². The van der Waals surface area contributed by atoms with E-state index in [1.165, 1.54) is 6.92 Å². The minimum Gasteiger partial charge on any atom is -0.535 e. The van der Waals surface area contributed by atoms with E-state index in [4.69, 9.17) is 15.1 Å². The summed E-state index contributed by atoms with van der Waals surface area (Å²) < 4.78 is 11.4. The number of hydrogen-bond donors (Lipinski definition) is 3. The molecule has 2 aliphatic rings. The molecule has 3 rings (SSSR count). The van der Waals surface area contributed by atoms with E-state index >= 15 is 0 Å². The van der Waals surface area contributed by atoms with Crippen LogP contribution in [0.1, 0.15) is 48.5 Å². The van der Waals surface area contributed by atoms with Gasteiger partial charge in [0.15, 0.2) is 5.78 Å². The second kappa shape index (κ2) is 9.65. The smallest absolute Gasteiger partial charge is 0.526 e. The quantitative estimate of drug-likeness (QED) is 0.452. The van der Waals surface area contributed by atoms with Crippen molar-refractivity contribution in [2.75, 3.05) is 19.7 Å². The van der Waals surface area contributed by atoms with Crippen LogP contribution in [-0.4, -0.2) is 55.6 Å². The Balaban J connectivity index is 1.51. The average Bonchev–Trinajstić information content (AvgIpc) is 2.67. The van der Waals surface area contributed by atoms with Crippen LogP contribution in [-0.2, 0) is 16.0 Å². The summed E-state index contributed by atoms with van der Waals surface area (Å²) in [4.78, 5) is 24.3. The second-order valence-corrected chi connectivity index (χ2v) is 7.74. The fourth-order valence-electron chi connectivity index (χ4n) is 3.98.